The first-order valence-electron chi connectivity index (χ1n) is 8.11. The third kappa shape index (κ3) is 14.7. The van der Waals surface area contributed by atoms with Crippen molar-refractivity contribution in [3.05, 3.63) is 0 Å². The summed E-state index contributed by atoms with van der Waals surface area (Å²) in [6.07, 6.45) is 2.21. The Kier molecular flexibility index (Phi) is 16.9. The van der Waals surface area contributed by atoms with Crippen LogP contribution in [0.4, 0.5) is 0 Å². The van der Waals surface area contributed by atoms with Crippen LogP contribution < -0.4 is 0 Å². The summed E-state index contributed by atoms with van der Waals surface area (Å²) in [6.45, 7) is 9.05. The maximum Gasteiger partial charge on any atom is 0.0704 e. The molecule has 0 saturated heterocycles. The average Bonchev–Trinajstić information content (AvgIpc) is 2.52. The van der Waals surface area contributed by atoms with Crippen LogP contribution in [0.1, 0.15) is 26.7 Å². The standard InChI is InChI=1S/C16H34O6/c1-5-16(22-13-11-20-9-7-18-4)14-15(2)21-12-10-19-8-6-17-3/h15-16H,5-14H2,1-4H3. The summed E-state index contributed by atoms with van der Waals surface area (Å²) in [4.78, 5) is 0. The van der Waals surface area contributed by atoms with Gasteiger partial charge in [0.15, 0.2) is 0 Å². The Hall–Kier alpha value is -0.240. The molecule has 0 aromatic heterocycles. The van der Waals surface area contributed by atoms with Gasteiger partial charge in [-0.1, -0.05) is 6.92 Å². The molecule has 134 valence electrons. The zero-order valence-electron chi connectivity index (χ0n) is 14.7. The predicted octanol–water partition coefficient (Wildman–Crippen LogP) is 1.90. The summed E-state index contributed by atoms with van der Waals surface area (Å²) in [7, 11) is 3.33. The summed E-state index contributed by atoms with van der Waals surface area (Å²) in [5.41, 5.74) is 0. The molecule has 6 heteroatoms. The highest BCUT2D eigenvalue weighted by Gasteiger charge is 2.12. The van der Waals surface area contributed by atoms with Gasteiger partial charge in [0.2, 0.25) is 0 Å². The lowest BCUT2D eigenvalue weighted by molar-refractivity contribution is -0.0462. The van der Waals surface area contributed by atoms with Crippen LogP contribution in [0.5, 0.6) is 0 Å². The van der Waals surface area contributed by atoms with E-state index in [1.807, 2.05) is 0 Å². The number of hydrogen-bond acceptors (Lipinski definition) is 6. The zero-order valence-corrected chi connectivity index (χ0v) is 14.7. The highest BCUT2D eigenvalue weighted by atomic mass is 16.6. The largest absolute Gasteiger partial charge is 0.382 e. The molecule has 0 saturated carbocycles. The van der Waals surface area contributed by atoms with Gasteiger partial charge in [-0.3, -0.25) is 0 Å². The Labute approximate surface area is 135 Å². The monoisotopic (exact) mass is 322 g/mol. The Bertz CT molecular complexity index is 215. The molecule has 22 heavy (non-hydrogen) atoms. The molecule has 0 aromatic carbocycles. The molecule has 0 spiro atoms. The molecular weight excluding hydrogens is 288 g/mol. The fourth-order valence-electron chi connectivity index (χ4n) is 1.86. The topological polar surface area (TPSA) is 55.4 Å². The van der Waals surface area contributed by atoms with Gasteiger partial charge in [-0.2, -0.15) is 0 Å². The molecule has 0 aromatic rings. The van der Waals surface area contributed by atoms with Gasteiger partial charge >= 0.3 is 0 Å². The van der Waals surface area contributed by atoms with Crippen molar-refractivity contribution in [2.24, 2.45) is 0 Å². The van der Waals surface area contributed by atoms with Crippen molar-refractivity contribution in [2.45, 2.75) is 38.9 Å². The SMILES string of the molecule is CCC(CC(C)OCCOCCOC)OCCOCCOC. The van der Waals surface area contributed by atoms with Gasteiger partial charge in [0.25, 0.3) is 0 Å². The molecule has 0 N–H and O–H groups in total. The van der Waals surface area contributed by atoms with Gasteiger partial charge in [0, 0.05) is 14.2 Å². The van der Waals surface area contributed by atoms with E-state index in [2.05, 4.69) is 13.8 Å². The van der Waals surface area contributed by atoms with Gasteiger partial charge in [0.05, 0.1) is 65.1 Å². The molecule has 6 nitrogen and oxygen atoms in total. The van der Waals surface area contributed by atoms with E-state index < -0.39 is 0 Å². The maximum atomic E-state index is 5.81. The van der Waals surface area contributed by atoms with E-state index in [1.54, 1.807) is 14.2 Å². The van der Waals surface area contributed by atoms with Crippen molar-refractivity contribution in [2.75, 3.05) is 67.1 Å². The normalized spacial score (nSPS) is 14.2. The second kappa shape index (κ2) is 17.1. The molecule has 0 fully saturated rings. The number of rotatable bonds is 17. The minimum atomic E-state index is 0.158. The molecule has 0 amide bonds. The highest BCUT2D eigenvalue weighted by molar-refractivity contribution is 4.61. The van der Waals surface area contributed by atoms with Crippen LogP contribution in [0.25, 0.3) is 0 Å². The fraction of sp³-hybridized carbons (Fsp3) is 1.00. The number of ether oxygens (including phenoxy) is 6. The van der Waals surface area contributed by atoms with Crippen LogP contribution >= 0.6 is 0 Å². The fourth-order valence-corrected chi connectivity index (χ4v) is 1.86. The molecule has 0 rings (SSSR count). The second-order valence-corrected chi connectivity index (χ2v) is 5.03. The van der Waals surface area contributed by atoms with Crippen LogP contribution in [-0.2, 0) is 28.4 Å². The van der Waals surface area contributed by atoms with Crippen molar-refractivity contribution >= 4 is 0 Å². The molecule has 0 aliphatic heterocycles. The first-order chi connectivity index (χ1) is 10.7. The maximum absolute atomic E-state index is 5.81. The van der Waals surface area contributed by atoms with E-state index in [4.69, 9.17) is 28.4 Å². The Balaban J connectivity index is 3.51. The summed E-state index contributed by atoms with van der Waals surface area (Å²) in [5.74, 6) is 0. The van der Waals surface area contributed by atoms with E-state index in [-0.39, 0.29) is 12.2 Å². The van der Waals surface area contributed by atoms with E-state index in [9.17, 15) is 0 Å². The molecule has 0 aliphatic rings. The van der Waals surface area contributed by atoms with Crippen molar-refractivity contribution in [3.8, 4) is 0 Å². The molecule has 0 heterocycles. The van der Waals surface area contributed by atoms with Gasteiger partial charge < -0.3 is 28.4 Å². The minimum Gasteiger partial charge on any atom is -0.382 e. The minimum absolute atomic E-state index is 0.158. The van der Waals surface area contributed by atoms with Crippen LogP contribution in [0.2, 0.25) is 0 Å². The third-order valence-electron chi connectivity index (χ3n) is 3.13. The lowest BCUT2D eigenvalue weighted by Gasteiger charge is -2.21. The lowest BCUT2D eigenvalue weighted by Crippen LogP contribution is -2.23. The van der Waals surface area contributed by atoms with Crippen molar-refractivity contribution in [1.29, 1.82) is 0 Å². The van der Waals surface area contributed by atoms with Crippen LogP contribution in [0.15, 0.2) is 0 Å². The third-order valence-corrected chi connectivity index (χ3v) is 3.13. The lowest BCUT2D eigenvalue weighted by atomic mass is 10.1. The quantitative estimate of drug-likeness (QED) is 0.381. The van der Waals surface area contributed by atoms with Crippen LogP contribution in [0, 0.1) is 0 Å². The first kappa shape index (κ1) is 21.8. The highest BCUT2D eigenvalue weighted by Crippen LogP contribution is 2.09. The summed E-state index contributed by atoms with van der Waals surface area (Å²) in [6, 6.07) is 0. The molecule has 2 unspecified atom stereocenters. The van der Waals surface area contributed by atoms with Crippen molar-refractivity contribution in [3.63, 3.8) is 0 Å². The Morgan fingerprint density at radius 2 is 1.18 bits per heavy atom. The zero-order chi connectivity index (χ0) is 16.5. The van der Waals surface area contributed by atoms with E-state index in [1.165, 1.54) is 0 Å². The molecule has 0 bridgehead atoms. The van der Waals surface area contributed by atoms with Crippen molar-refractivity contribution < 1.29 is 28.4 Å². The second-order valence-electron chi connectivity index (χ2n) is 5.03. The molecule has 0 aliphatic carbocycles. The summed E-state index contributed by atoms with van der Waals surface area (Å²) < 4.78 is 32.1. The van der Waals surface area contributed by atoms with E-state index in [0.29, 0.717) is 52.9 Å². The van der Waals surface area contributed by atoms with Crippen molar-refractivity contribution in [1.82, 2.24) is 0 Å². The average molecular weight is 322 g/mol. The molecule has 2 atom stereocenters. The molecule has 0 radical (unpaired) electrons. The van der Waals surface area contributed by atoms with E-state index in [0.717, 1.165) is 12.8 Å². The Morgan fingerprint density at radius 3 is 1.68 bits per heavy atom. The van der Waals surface area contributed by atoms with Gasteiger partial charge in [0.1, 0.15) is 0 Å². The van der Waals surface area contributed by atoms with E-state index >= 15 is 0 Å². The Morgan fingerprint density at radius 1 is 0.682 bits per heavy atom. The summed E-state index contributed by atoms with van der Waals surface area (Å²) in [5, 5.41) is 0. The van der Waals surface area contributed by atoms with Crippen LogP contribution in [-0.4, -0.2) is 79.3 Å². The van der Waals surface area contributed by atoms with Gasteiger partial charge in [-0.25, -0.2) is 0 Å². The summed E-state index contributed by atoms with van der Waals surface area (Å²) >= 11 is 0. The predicted molar refractivity (Wildman–Crippen MR) is 85.5 cm³/mol. The molecular formula is C16H34O6. The van der Waals surface area contributed by atoms with Gasteiger partial charge in [-0.15, -0.1) is 0 Å². The number of methoxy groups -OCH3 is 2. The smallest absolute Gasteiger partial charge is 0.0704 e. The first-order valence-corrected chi connectivity index (χ1v) is 8.11. The van der Waals surface area contributed by atoms with Gasteiger partial charge in [-0.05, 0) is 19.8 Å². The van der Waals surface area contributed by atoms with Crippen LogP contribution in [0.3, 0.4) is 0 Å². The number of hydrogen-bond donors (Lipinski definition) is 0.